The van der Waals surface area contributed by atoms with Gasteiger partial charge in [0.25, 0.3) is 11.8 Å². The first kappa shape index (κ1) is 50.0. The van der Waals surface area contributed by atoms with Crippen LogP contribution < -0.4 is 20.9 Å². The van der Waals surface area contributed by atoms with E-state index in [1.54, 1.807) is 17.0 Å². The first-order chi connectivity index (χ1) is 34.9. The van der Waals surface area contributed by atoms with Gasteiger partial charge in [-0.15, -0.1) is 0 Å². The molecule has 19 nitrogen and oxygen atoms in total. The summed E-state index contributed by atoms with van der Waals surface area (Å²) in [6.45, 7) is 7.83. The number of amides is 6. The highest BCUT2D eigenvalue weighted by molar-refractivity contribution is 6.25. The molecule has 3 N–H and O–H groups in total. The summed E-state index contributed by atoms with van der Waals surface area (Å²) in [5.41, 5.74) is 5.27. The van der Waals surface area contributed by atoms with E-state index in [0.29, 0.717) is 109 Å². The smallest absolute Gasteiger partial charge is 0.264 e. The lowest BCUT2D eigenvalue weighted by Gasteiger charge is -2.38. The van der Waals surface area contributed by atoms with Crippen molar-refractivity contribution in [3.63, 3.8) is 0 Å². The van der Waals surface area contributed by atoms with Crippen molar-refractivity contribution in [1.82, 2.24) is 35.1 Å². The Hall–Kier alpha value is -6.94. The molecular formula is C51H57F2N9O10. The molecule has 4 aliphatic heterocycles. The van der Waals surface area contributed by atoms with Crippen molar-refractivity contribution < 1.29 is 56.3 Å². The molecule has 0 radical (unpaired) electrons. The van der Waals surface area contributed by atoms with E-state index in [-0.39, 0.29) is 60.5 Å². The number of carbonyl (C=O) groups excluding carboxylic acids is 6. The van der Waals surface area contributed by atoms with Gasteiger partial charge in [-0.05, 0) is 87.9 Å². The molecule has 380 valence electrons. The number of carbonyl (C=O) groups is 6. The van der Waals surface area contributed by atoms with E-state index in [2.05, 4.69) is 30.6 Å². The van der Waals surface area contributed by atoms with E-state index in [1.165, 1.54) is 12.1 Å². The SMILES string of the molecule is Cc1noc(C)c1-c1ccc2c(c1)nc([C@@H]1CCCC(=O)N1c1ccc(F)c(F)c1)n2C1CCN(CC(=O)NCCOCCOCCOCCNc2cccc3c2C(=O)N(C2CCC(=O)NC2=O)C3=O)CC1. The number of anilines is 2. The van der Waals surface area contributed by atoms with E-state index >= 15 is 0 Å². The number of rotatable bonds is 20. The number of halogens is 2. The largest absolute Gasteiger partial charge is 0.382 e. The zero-order chi connectivity index (χ0) is 50.5. The molecule has 5 aromatic rings. The number of likely N-dealkylation sites (tertiary alicyclic amines) is 1. The maximum absolute atomic E-state index is 14.6. The molecule has 4 aliphatic rings. The van der Waals surface area contributed by atoms with E-state index in [1.807, 2.05) is 32.0 Å². The van der Waals surface area contributed by atoms with Gasteiger partial charge in [-0.25, -0.2) is 13.8 Å². The van der Waals surface area contributed by atoms with Gasteiger partial charge < -0.3 is 38.8 Å². The molecular weight excluding hydrogens is 937 g/mol. The second-order valence-electron chi connectivity index (χ2n) is 18.3. The summed E-state index contributed by atoms with van der Waals surface area (Å²) in [5.74, 6) is -3.21. The first-order valence-electron chi connectivity index (χ1n) is 24.4. The second kappa shape index (κ2) is 22.2. The quantitative estimate of drug-likeness (QED) is 0.0678. The fourth-order valence-corrected chi connectivity index (χ4v) is 10.2. The second-order valence-corrected chi connectivity index (χ2v) is 18.3. The highest BCUT2D eigenvalue weighted by atomic mass is 19.2. The Kier molecular flexibility index (Phi) is 15.4. The molecule has 21 heteroatoms. The summed E-state index contributed by atoms with van der Waals surface area (Å²) < 4.78 is 53.2. The molecule has 0 spiro atoms. The van der Waals surface area contributed by atoms with Crippen LogP contribution >= 0.6 is 0 Å². The standard InChI is InChI=1S/C51H57F2N9O10/c1-30-46(31(2)72-58-30)32-9-12-40-39(27-32)56-48(41-7-4-8-45(65)60(41)34-10-11-36(52)37(53)28-34)61(40)33-15-19-59(20-16-33)29-44(64)55-18-22-70-24-26-71-25-23-69-21-17-54-38-6-3-5-35-47(38)51(68)62(50(35)67)42-13-14-43(63)57-49(42)66/h3,5-6,9-12,27-28,33,41-42,54H,4,7-8,13-26,29H2,1-2H3,(H,55,64)(H,57,63,66)/t41-,42?/m0/s1. The van der Waals surface area contributed by atoms with Crippen molar-refractivity contribution in [2.75, 3.05) is 82.6 Å². The number of aromatic nitrogens is 3. The van der Waals surface area contributed by atoms with E-state index < -0.39 is 47.3 Å². The number of ether oxygens (including phenoxy) is 3. The van der Waals surface area contributed by atoms with Crippen molar-refractivity contribution in [2.24, 2.45) is 0 Å². The zero-order valence-electron chi connectivity index (χ0n) is 40.2. The van der Waals surface area contributed by atoms with Gasteiger partial charge in [-0.1, -0.05) is 17.3 Å². The van der Waals surface area contributed by atoms with Crippen LogP contribution in [0.2, 0.25) is 0 Å². The molecule has 6 amide bonds. The molecule has 3 aromatic carbocycles. The molecule has 3 fully saturated rings. The third-order valence-corrected chi connectivity index (χ3v) is 13.6. The minimum Gasteiger partial charge on any atom is -0.382 e. The summed E-state index contributed by atoms with van der Waals surface area (Å²) in [7, 11) is 0. The average Bonchev–Trinajstić information content (AvgIpc) is 4.00. The average molecular weight is 994 g/mol. The van der Waals surface area contributed by atoms with Crippen LogP contribution in [0.25, 0.3) is 22.2 Å². The Labute approximate surface area is 413 Å². The highest BCUT2D eigenvalue weighted by Crippen LogP contribution is 2.41. The van der Waals surface area contributed by atoms with Crippen LogP contribution in [-0.2, 0) is 33.4 Å². The molecule has 0 aliphatic carbocycles. The van der Waals surface area contributed by atoms with E-state index in [9.17, 15) is 37.5 Å². The van der Waals surface area contributed by atoms with Crippen molar-refractivity contribution in [3.05, 3.63) is 94.6 Å². The molecule has 72 heavy (non-hydrogen) atoms. The number of aryl methyl sites for hydroxylation is 2. The summed E-state index contributed by atoms with van der Waals surface area (Å²) in [6.07, 6.45) is 3.03. The number of imidazole rings is 1. The minimum absolute atomic E-state index is 0.0110. The number of hydrogen-bond donors (Lipinski definition) is 3. The van der Waals surface area contributed by atoms with Crippen molar-refractivity contribution in [3.8, 4) is 11.1 Å². The van der Waals surface area contributed by atoms with Gasteiger partial charge in [-0.3, -0.25) is 43.9 Å². The van der Waals surface area contributed by atoms with Crippen molar-refractivity contribution in [1.29, 1.82) is 0 Å². The molecule has 2 atom stereocenters. The van der Waals surface area contributed by atoms with Gasteiger partial charge in [0.15, 0.2) is 11.6 Å². The predicted octanol–water partition coefficient (Wildman–Crippen LogP) is 5.16. The van der Waals surface area contributed by atoms with Crippen molar-refractivity contribution >= 4 is 57.9 Å². The maximum atomic E-state index is 14.6. The molecule has 3 saturated heterocycles. The number of nitrogens with zero attached hydrogens (tertiary/aromatic N) is 6. The van der Waals surface area contributed by atoms with Gasteiger partial charge in [0.1, 0.15) is 17.6 Å². The van der Waals surface area contributed by atoms with Crippen LogP contribution in [0.3, 0.4) is 0 Å². The van der Waals surface area contributed by atoms with Gasteiger partial charge in [0.05, 0.1) is 80.1 Å². The summed E-state index contributed by atoms with van der Waals surface area (Å²) >= 11 is 0. The lowest BCUT2D eigenvalue weighted by atomic mass is 9.98. The van der Waals surface area contributed by atoms with Gasteiger partial charge in [0.2, 0.25) is 23.6 Å². The normalized spacial score (nSPS) is 18.9. The fourth-order valence-electron chi connectivity index (χ4n) is 10.2. The summed E-state index contributed by atoms with van der Waals surface area (Å²) in [5, 5.41) is 12.4. The number of benzene rings is 3. The molecule has 0 bridgehead atoms. The number of piperidine rings is 3. The van der Waals surface area contributed by atoms with Crippen LogP contribution in [0.4, 0.5) is 20.2 Å². The minimum atomic E-state index is -1.04. The molecule has 1 unspecified atom stereocenters. The number of imide groups is 2. The number of hydrogen-bond acceptors (Lipinski definition) is 14. The fraction of sp³-hybridized carbons (Fsp3) is 0.451. The Morgan fingerprint density at radius 1 is 0.792 bits per heavy atom. The monoisotopic (exact) mass is 993 g/mol. The van der Waals surface area contributed by atoms with E-state index in [0.717, 1.165) is 44.9 Å². The topological polar surface area (TPSA) is 220 Å². The number of nitrogens with one attached hydrogen (secondary N) is 3. The number of fused-ring (bicyclic) bond motifs is 2. The molecule has 6 heterocycles. The zero-order valence-corrected chi connectivity index (χ0v) is 40.2. The Morgan fingerprint density at radius 2 is 1.54 bits per heavy atom. The lowest BCUT2D eigenvalue weighted by Crippen LogP contribution is -2.54. The maximum Gasteiger partial charge on any atom is 0.264 e. The van der Waals surface area contributed by atoms with Crippen LogP contribution in [-0.4, -0.2) is 138 Å². The molecule has 2 aromatic heterocycles. The Balaban J connectivity index is 0.694. The highest BCUT2D eigenvalue weighted by Gasteiger charge is 2.46. The van der Waals surface area contributed by atoms with Crippen LogP contribution in [0.5, 0.6) is 0 Å². The van der Waals surface area contributed by atoms with Crippen LogP contribution in [0.15, 0.2) is 59.1 Å². The van der Waals surface area contributed by atoms with E-state index in [4.69, 9.17) is 23.7 Å². The van der Waals surface area contributed by atoms with Crippen LogP contribution in [0, 0.1) is 25.5 Å². The Bertz CT molecular complexity index is 2860. The third-order valence-electron chi connectivity index (χ3n) is 13.6. The predicted molar refractivity (Wildman–Crippen MR) is 257 cm³/mol. The van der Waals surface area contributed by atoms with Gasteiger partial charge in [0, 0.05) is 68.1 Å². The third kappa shape index (κ3) is 10.6. The van der Waals surface area contributed by atoms with Gasteiger partial charge >= 0.3 is 0 Å². The summed E-state index contributed by atoms with van der Waals surface area (Å²) in [6, 6.07) is 12.9. The summed E-state index contributed by atoms with van der Waals surface area (Å²) in [4.78, 5) is 86.7. The molecule has 9 rings (SSSR count). The van der Waals surface area contributed by atoms with Crippen LogP contribution in [0.1, 0.15) is 95.0 Å². The lowest BCUT2D eigenvalue weighted by molar-refractivity contribution is -0.136. The molecule has 0 saturated carbocycles. The van der Waals surface area contributed by atoms with Gasteiger partial charge in [-0.2, -0.15) is 0 Å². The van der Waals surface area contributed by atoms with Crippen molar-refractivity contribution in [2.45, 2.75) is 76.9 Å². The Morgan fingerprint density at radius 3 is 2.26 bits per heavy atom. The first-order valence-corrected chi connectivity index (χ1v) is 24.4.